The van der Waals surface area contributed by atoms with Gasteiger partial charge in [-0.3, -0.25) is 0 Å². The van der Waals surface area contributed by atoms with E-state index in [1.165, 1.54) is 12.1 Å². The van der Waals surface area contributed by atoms with Crippen LogP contribution in [0.25, 0.3) is 0 Å². The highest BCUT2D eigenvalue weighted by Gasteiger charge is 2.27. The van der Waals surface area contributed by atoms with E-state index in [1.54, 1.807) is 30.2 Å². The van der Waals surface area contributed by atoms with E-state index >= 15 is 0 Å². The molecular weight excluding hydrogens is 297 g/mol. The van der Waals surface area contributed by atoms with Crippen LogP contribution in [-0.2, 0) is 6.54 Å². The number of benzene rings is 1. The van der Waals surface area contributed by atoms with Gasteiger partial charge in [0.15, 0.2) is 5.89 Å². The highest BCUT2D eigenvalue weighted by atomic mass is 19.1. The number of nitrogens with zero attached hydrogens (tertiary/aromatic N) is 2. The van der Waals surface area contributed by atoms with Crippen LogP contribution in [0, 0.1) is 12.7 Å². The van der Waals surface area contributed by atoms with Gasteiger partial charge < -0.3 is 14.6 Å². The van der Waals surface area contributed by atoms with Crippen LogP contribution in [0.2, 0.25) is 0 Å². The summed E-state index contributed by atoms with van der Waals surface area (Å²) < 4.78 is 18.5. The fourth-order valence-corrected chi connectivity index (χ4v) is 2.96. The number of oxazole rings is 1. The first-order valence-corrected chi connectivity index (χ1v) is 7.86. The van der Waals surface area contributed by atoms with Crippen molar-refractivity contribution in [3.05, 3.63) is 47.9 Å². The van der Waals surface area contributed by atoms with Crippen LogP contribution in [0.5, 0.6) is 0 Å². The number of nitrogens with one attached hydrogen (secondary N) is 1. The van der Waals surface area contributed by atoms with Crippen LogP contribution < -0.4 is 5.32 Å². The number of anilines is 1. The molecule has 0 aliphatic heterocycles. The molecule has 2 aromatic rings. The Morgan fingerprint density at radius 1 is 1.35 bits per heavy atom. The van der Waals surface area contributed by atoms with Crippen molar-refractivity contribution in [1.82, 2.24) is 9.88 Å². The van der Waals surface area contributed by atoms with Crippen molar-refractivity contribution in [2.45, 2.75) is 45.2 Å². The van der Waals surface area contributed by atoms with Crippen molar-refractivity contribution in [3.8, 4) is 0 Å². The maximum Gasteiger partial charge on any atom is 0.322 e. The largest absolute Gasteiger partial charge is 0.444 e. The molecule has 1 fully saturated rings. The summed E-state index contributed by atoms with van der Waals surface area (Å²) in [6, 6.07) is 5.76. The monoisotopic (exact) mass is 317 g/mol. The predicted molar refractivity (Wildman–Crippen MR) is 84.5 cm³/mol. The van der Waals surface area contributed by atoms with E-state index in [2.05, 4.69) is 10.3 Å². The Hall–Kier alpha value is -2.37. The molecule has 0 unspecified atom stereocenters. The highest BCUT2D eigenvalue weighted by Crippen LogP contribution is 2.26. The first kappa shape index (κ1) is 15.5. The van der Waals surface area contributed by atoms with Gasteiger partial charge in [-0.05, 0) is 37.1 Å². The highest BCUT2D eigenvalue weighted by molar-refractivity contribution is 5.89. The number of amides is 2. The lowest BCUT2D eigenvalue weighted by atomic mass is 10.2. The third-order valence-electron chi connectivity index (χ3n) is 4.12. The van der Waals surface area contributed by atoms with Gasteiger partial charge in [0.2, 0.25) is 0 Å². The number of hydrogen-bond donors (Lipinski definition) is 1. The van der Waals surface area contributed by atoms with Crippen LogP contribution in [0.4, 0.5) is 14.9 Å². The Morgan fingerprint density at radius 3 is 2.65 bits per heavy atom. The summed E-state index contributed by atoms with van der Waals surface area (Å²) in [4.78, 5) is 18.5. The fourth-order valence-electron chi connectivity index (χ4n) is 2.96. The van der Waals surface area contributed by atoms with Crippen LogP contribution in [-0.4, -0.2) is 22.0 Å². The normalized spacial score (nSPS) is 14.9. The van der Waals surface area contributed by atoms with Gasteiger partial charge >= 0.3 is 6.03 Å². The lowest BCUT2D eigenvalue weighted by Gasteiger charge is -2.28. The minimum absolute atomic E-state index is 0.195. The third kappa shape index (κ3) is 3.88. The van der Waals surface area contributed by atoms with Crippen molar-refractivity contribution in [2.24, 2.45) is 0 Å². The van der Waals surface area contributed by atoms with E-state index in [0.717, 1.165) is 25.7 Å². The van der Waals surface area contributed by atoms with Crippen molar-refractivity contribution >= 4 is 11.7 Å². The molecule has 5 nitrogen and oxygen atoms in total. The maximum atomic E-state index is 13.0. The van der Waals surface area contributed by atoms with Crippen molar-refractivity contribution in [1.29, 1.82) is 0 Å². The summed E-state index contributed by atoms with van der Waals surface area (Å²) in [5.74, 6) is 0.932. The summed E-state index contributed by atoms with van der Waals surface area (Å²) in [6.07, 6.45) is 5.89. The van der Waals surface area contributed by atoms with Crippen molar-refractivity contribution in [3.63, 3.8) is 0 Å². The molecule has 1 N–H and O–H groups in total. The van der Waals surface area contributed by atoms with Crippen molar-refractivity contribution < 1.29 is 13.6 Å². The summed E-state index contributed by atoms with van der Waals surface area (Å²) >= 11 is 0. The Balaban J connectivity index is 1.73. The fraction of sp³-hybridized carbons (Fsp3) is 0.412. The van der Waals surface area contributed by atoms with Gasteiger partial charge in [-0.2, -0.15) is 0 Å². The van der Waals surface area contributed by atoms with Crippen LogP contribution in [0.3, 0.4) is 0 Å². The number of urea groups is 1. The lowest BCUT2D eigenvalue weighted by Crippen LogP contribution is -2.41. The quantitative estimate of drug-likeness (QED) is 0.923. The molecule has 1 aliphatic carbocycles. The maximum absolute atomic E-state index is 13.0. The molecule has 122 valence electrons. The zero-order chi connectivity index (χ0) is 16.2. The predicted octanol–water partition coefficient (Wildman–Crippen LogP) is 4.10. The van der Waals surface area contributed by atoms with E-state index in [1.807, 2.05) is 0 Å². The molecule has 1 heterocycles. The Labute approximate surface area is 134 Å². The van der Waals surface area contributed by atoms with Gasteiger partial charge in [0.25, 0.3) is 0 Å². The molecule has 0 radical (unpaired) electrons. The van der Waals surface area contributed by atoms with E-state index in [4.69, 9.17) is 4.42 Å². The summed E-state index contributed by atoms with van der Waals surface area (Å²) in [5, 5.41) is 2.83. The molecular formula is C17H20FN3O2. The second kappa shape index (κ2) is 6.81. The third-order valence-corrected chi connectivity index (χ3v) is 4.12. The minimum Gasteiger partial charge on any atom is -0.444 e. The number of carbonyl (C=O) groups excluding carboxylic acids is 1. The topological polar surface area (TPSA) is 58.4 Å². The standard InChI is InChI=1S/C17H20FN3O2/c1-12-19-10-16(23-12)11-21(15-4-2-3-5-15)17(22)20-14-8-6-13(18)7-9-14/h6-10,15H,2-5,11H2,1H3,(H,20,22). The molecule has 3 rings (SSSR count). The van der Waals surface area contributed by atoms with Gasteiger partial charge in [0, 0.05) is 18.7 Å². The number of halogens is 1. The van der Waals surface area contributed by atoms with Crippen LogP contribution >= 0.6 is 0 Å². The molecule has 1 aromatic heterocycles. The number of aromatic nitrogens is 1. The van der Waals surface area contributed by atoms with Gasteiger partial charge in [-0.25, -0.2) is 14.2 Å². The SMILES string of the molecule is Cc1ncc(CN(C(=O)Nc2ccc(F)cc2)C2CCCC2)o1. The first-order chi connectivity index (χ1) is 11.1. The Bertz CT molecular complexity index is 663. The average Bonchev–Trinajstić information content (AvgIpc) is 3.18. The van der Waals surface area contributed by atoms with Gasteiger partial charge in [-0.1, -0.05) is 12.8 Å². The zero-order valence-corrected chi connectivity index (χ0v) is 13.1. The molecule has 0 atom stereocenters. The van der Waals surface area contributed by atoms with E-state index in [0.29, 0.717) is 23.9 Å². The molecule has 2 amide bonds. The van der Waals surface area contributed by atoms with Gasteiger partial charge in [0.1, 0.15) is 11.6 Å². The van der Waals surface area contributed by atoms with Crippen LogP contribution in [0.15, 0.2) is 34.9 Å². The number of aryl methyl sites for hydroxylation is 1. The molecule has 1 aliphatic rings. The minimum atomic E-state index is -0.326. The smallest absolute Gasteiger partial charge is 0.322 e. The number of rotatable bonds is 4. The molecule has 23 heavy (non-hydrogen) atoms. The molecule has 0 saturated heterocycles. The first-order valence-electron chi connectivity index (χ1n) is 7.86. The molecule has 0 spiro atoms. The summed E-state index contributed by atoms with van der Waals surface area (Å²) in [5.41, 5.74) is 0.577. The molecule has 6 heteroatoms. The number of hydrogen-bond acceptors (Lipinski definition) is 3. The van der Waals surface area contributed by atoms with Crippen molar-refractivity contribution in [2.75, 3.05) is 5.32 Å². The van der Waals surface area contributed by atoms with E-state index in [-0.39, 0.29) is 17.9 Å². The molecule has 0 bridgehead atoms. The van der Waals surface area contributed by atoms with Gasteiger partial charge in [0.05, 0.1) is 12.7 Å². The number of carbonyl (C=O) groups is 1. The lowest BCUT2D eigenvalue weighted by molar-refractivity contribution is 0.178. The van der Waals surface area contributed by atoms with E-state index in [9.17, 15) is 9.18 Å². The van der Waals surface area contributed by atoms with Gasteiger partial charge in [-0.15, -0.1) is 0 Å². The zero-order valence-electron chi connectivity index (χ0n) is 13.1. The second-order valence-corrected chi connectivity index (χ2v) is 5.85. The molecule has 1 aromatic carbocycles. The Kier molecular flexibility index (Phi) is 4.60. The van der Waals surface area contributed by atoms with E-state index < -0.39 is 0 Å². The summed E-state index contributed by atoms with van der Waals surface area (Å²) in [6.45, 7) is 2.17. The summed E-state index contributed by atoms with van der Waals surface area (Å²) in [7, 11) is 0. The second-order valence-electron chi connectivity index (χ2n) is 5.85. The molecule has 1 saturated carbocycles. The van der Waals surface area contributed by atoms with Crippen LogP contribution in [0.1, 0.15) is 37.3 Å². The Morgan fingerprint density at radius 2 is 2.04 bits per heavy atom. The average molecular weight is 317 g/mol.